The first kappa shape index (κ1) is 24.8. The van der Waals surface area contributed by atoms with Gasteiger partial charge in [-0.1, -0.05) is 81.9 Å². The van der Waals surface area contributed by atoms with Crippen LogP contribution in [-0.2, 0) is 23.2 Å². The monoisotopic (exact) mass is 488 g/mol. The molecule has 2 aromatic heterocycles. The maximum Gasteiger partial charge on any atom is 0.234 e. The predicted molar refractivity (Wildman–Crippen MR) is 142 cm³/mol. The lowest BCUT2D eigenvalue weighted by atomic mass is 9.87. The number of carbonyl (C=O) groups is 1. The van der Waals surface area contributed by atoms with E-state index in [-0.39, 0.29) is 17.1 Å². The number of aryl methyl sites for hydroxylation is 2. The third kappa shape index (κ3) is 5.85. The van der Waals surface area contributed by atoms with Gasteiger partial charge in [0, 0.05) is 11.3 Å². The Morgan fingerprint density at radius 3 is 2.49 bits per heavy atom. The number of nitrogens with zero attached hydrogens (tertiary/aromatic N) is 3. The van der Waals surface area contributed by atoms with Gasteiger partial charge in [0.25, 0.3) is 0 Å². The summed E-state index contributed by atoms with van der Waals surface area (Å²) in [5, 5.41) is 12.7. The van der Waals surface area contributed by atoms with Crippen LogP contribution >= 0.6 is 11.8 Å². The Hall–Kier alpha value is -3.32. The minimum atomic E-state index is -0.0670. The molecule has 0 unspecified atom stereocenters. The fourth-order valence-electron chi connectivity index (χ4n) is 3.94. The fraction of sp³-hybridized carbons (Fsp3) is 0.321. The molecule has 0 fully saturated rings. The van der Waals surface area contributed by atoms with Crippen molar-refractivity contribution in [3.8, 4) is 11.4 Å². The summed E-state index contributed by atoms with van der Waals surface area (Å²) in [7, 11) is 0. The van der Waals surface area contributed by atoms with Crippen LogP contribution in [0, 0.1) is 6.92 Å². The molecular weight excluding hydrogens is 456 g/mol. The molecule has 182 valence electrons. The molecule has 0 saturated carbocycles. The van der Waals surface area contributed by atoms with Crippen LogP contribution < -0.4 is 5.32 Å². The number of amides is 1. The largest absolute Gasteiger partial charge is 0.467 e. The van der Waals surface area contributed by atoms with Crippen molar-refractivity contribution in [2.45, 2.75) is 58.2 Å². The van der Waals surface area contributed by atoms with E-state index in [4.69, 9.17) is 4.42 Å². The number of benzene rings is 2. The van der Waals surface area contributed by atoms with Crippen molar-refractivity contribution in [2.75, 3.05) is 11.1 Å². The number of carbonyl (C=O) groups excluding carboxylic acids is 1. The number of rotatable bonds is 8. The third-order valence-corrected chi connectivity index (χ3v) is 6.92. The lowest BCUT2D eigenvalue weighted by Crippen LogP contribution is -2.17. The SMILES string of the molecule is CCc1cccc(C)c1NC(=O)CSc1nnc(-c2ccc(C(C)(C)C)cc2)n1Cc1ccco1. The fourth-order valence-corrected chi connectivity index (χ4v) is 4.67. The first-order valence-corrected chi connectivity index (χ1v) is 12.8. The first-order valence-electron chi connectivity index (χ1n) is 11.8. The number of nitrogens with one attached hydrogen (secondary N) is 1. The number of thioether (sulfide) groups is 1. The second-order valence-corrected chi connectivity index (χ2v) is 10.5. The molecule has 1 N–H and O–H groups in total. The van der Waals surface area contributed by atoms with Gasteiger partial charge in [0.15, 0.2) is 11.0 Å². The van der Waals surface area contributed by atoms with Gasteiger partial charge >= 0.3 is 0 Å². The summed E-state index contributed by atoms with van der Waals surface area (Å²) >= 11 is 1.37. The van der Waals surface area contributed by atoms with Gasteiger partial charge in [-0.25, -0.2) is 0 Å². The van der Waals surface area contributed by atoms with Crippen molar-refractivity contribution in [1.82, 2.24) is 14.8 Å². The minimum Gasteiger partial charge on any atom is -0.467 e. The normalized spacial score (nSPS) is 11.6. The molecule has 0 aliphatic rings. The van der Waals surface area contributed by atoms with E-state index in [0.29, 0.717) is 11.7 Å². The summed E-state index contributed by atoms with van der Waals surface area (Å²) in [5.74, 6) is 1.72. The zero-order chi connectivity index (χ0) is 25.0. The van der Waals surface area contributed by atoms with E-state index in [9.17, 15) is 4.79 Å². The van der Waals surface area contributed by atoms with E-state index in [1.807, 2.05) is 41.8 Å². The summed E-state index contributed by atoms with van der Waals surface area (Å²) in [4.78, 5) is 12.8. The van der Waals surface area contributed by atoms with Crippen LogP contribution in [0.15, 0.2) is 70.4 Å². The van der Waals surface area contributed by atoms with E-state index in [0.717, 1.165) is 40.4 Å². The van der Waals surface area contributed by atoms with Gasteiger partial charge in [-0.05, 0) is 47.6 Å². The van der Waals surface area contributed by atoms with Crippen molar-refractivity contribution in [1.29, 1.82) is 0 Å². The van der Waals surface area contributed by atoms with E-state index in [1.54, 1.807) is 6.26 Å². The lowest BCUT2D eigenvalue weighted by molar-refractivity contribution is -0.113. The molecule has 0 radical (unpaired) electrons. The third-order valence-electron chi connectivity index (χ3n) is 5.96. The molecule has 7 heteroatoms. The zero-order valence-corrected chi connectivity index (χ0v) is 21.8. The van der Waals surface area contributed by atoms with Crippen molar-refractivity contribution in [3.05, 3.63) is 83.3 Å². The van der Waals surface area contributed by atoms with Crippen LogP contribution in [0.4, 0.5) is 5.69 Å². The summed E-state index contributed by atoms with van der Waals surface area (Å²) in [6.07, 6.45) is 2.52. The average molecular weight is 489 g/mol. The Morgan fingerprint density at radius 1 is 1.06 bits per heavy atom. The maximum absolute atomic E-state index is 12.8. The van der Waals surface area contributed by atoms with Crippen LogP contribution in [0.1, 0.15) is 50.1 Å². The minimum absolute atomic E-state index is 0.0670. The first-order chi connectivity index (χ1) is 16.8. The Labute approximate surface area is 211 Å². The summed E-state index contributed by atoms with van der Waals surface area (Å²) in [5.41, 5.74) is 5.39. The van der Waals surface area contributed by atoms with Crippen molar-refractivity contribution in [3.63, 3.8) is 0 Å². The second-order valence-electron chi connectivity index (χ2n) is 9.60. The van der Waals surface area contributed by atoms with Crippen LogP contribution in [0.25, 0.3) is 11.4 Å². The molecule has 4 rings (SSSR count). The maximum atomic E-state index is 12.8. The molecule has 2 heterocycles. The smallest absolute Gasteiger partial charge is 0.234 e. The zero-order valence-electron chi connectivity index (χ0n) is 21.0. The number of anilines is 1. The lowest BCUT2D eigenvalue weighted by Gasteiger charge is -2.19. The summed E-state index contributed by atoms with van der Waals surface area (Å²) in [6, 6.07) is 18.3. The quantitative estimate of drug-likeness (QED) is 0.287. The molecule has 0 aliphatic heterocycles. The molecule has 0 bridgehead atoms. The van der Waals surface area contributed by atoms with Gasteiger partial charge in [0.2, 0.25) is 5.91 Å². The van der Waals surface area contributed by atoms with Crippen molar-refractivity contribution in [2.24, 2.45) is 0 Å². The number of aromatic nitrogens is 3. The van der Waals surface area contributed by atoms with Gasteiger partial charge in [-0.2, -0.15) is 0 Å². The molecule has 4 aromatic rings. The number of para-hydroxylation sites is 1. The van der Waals surface area contributed by atoms with Gasteiger partial charge < -0.3 is 9.73 Å². The summed E-state index contributed by atoms with van der Waals surface area (Å²) < 4.78 is 7.60. The van der Waals surface area contributed by atoms with E-state index in [2.05, 4.69) is 67.5 Å². The highest BCUT2D eigenvalue weighted by atomic mass is 32.2. The highest BCUT2D eigenvalue weighted by molar-refractivity contribution is 7.99. The predicted octanol–water partition coefficient (Wildman–Crippen LogP) is 6.49. The van der Waals surface area contributed by atoms with Gasteiger partial charge in [0.1, 0.15) is 5.76 Å². The van der Waals surface area contributed by atoms with Crippen molar-refractivity contribution >= 4 is 23.4 Å². The molecule has 35 heavy (non-hydrogen) atoms. The molecule has 0 saturated heterocycles. The molecule has 0 atom stereocenters. The molecule has 2 aromatic carbocycles. The molecule has 0 aliphatic carbocycles. The van der Waals surface area contributed by atoms with Crippen LogP contribution in [0.5, 0.6) is 0 Å². The van der Waals surface area contributed by atoms with Crippen molar-refractivity contribution < 1.29 is 9.21 Å². The van der Waals surface area contributed by atoms with Gasteiger partial charge in [0.05, 0.1) is 18.6 Å². The summed E-state index contributed by atoms with van der Waals surface area (Å²) in [6.45, 7) is 11.2. The topological polar surface area (TPSA) is 73.0 Å². The van der Waals surface area contributed by atoms with E-state index < -0.39 is 0 Å². The molecular formula is C28H32N4O2S. The van der Waals surface area contributed by atoms with Crippen LogP contribution in [0.3, 0.4) is 0 Å². The van der Waals surface area contributed by atoms with E-state index >= 15 is 0 Å². The Balaban J connectivity index is 1.56. The number of furan rings is 1. The second kappa shape index (κ2) is 10.5. The highest BCUT2D eigenvalue weighted by Crippen LogP contribution is 2.29. The highest BCUT2D eigenvalue weighted by Gasteiger charge is 2.19. The van der Waals surface area contributed by atoms with Crippen LogP contribution in [0.2, 0.25) is 0 Å². The average Bonchev–Trinajstić information content (AvgIpc) is 3.49. The Morgan fingerprint density at radius 2 is 1.83 bits per heavy atom. The Bertz CT molecular complexity index is 1290. The molecule has 6 nitrogen and oxygen atoms in total. The standard InChI is InChI=1S/C28H32N4O2S/c1-6-20-10-7-9-19(2)25(20)29-24(33)18-35-27-31-30-26(32(27)17-23-11-8-16-34-23)21-12-14-22(15-13-21)28(3,4)5/h7-16H,6,17-18H2,1-5H3,(H,29,33). The van der Waals surface area contributed by atoms with Crippen LogP contribution in [-0.4, -0.2) is 26.4 Å². The molecule has 0 spiro atoms. The molecule has 1 amide bonds. The Kier molecular flexibility index (Phi) is 7.45. The van der Waals surface area contributed by atoms with Gasteiger partial charge in [-0.15, -0.1) is 10.2 Å². The van der Waals surface area contributed by atoms with Gasteiger partial charge in [-0.3, -0.25) is 9.36 Å². The number of hydrogen-bond acceptors (Lipinski definition) is 5. The van der Waals surface area contributed by atoms with E-state index in [1.165, 1.54) is 17.3 Å². The number of hydrogen-bond donors (Lipinski definition) is 1.